The second-order valence-electron chi connectivity index (χ2n) is 3.96. The van der Waals surface area contributed by atoms with Gasteiger partial charge in [-0.1, -0.05) is 54.6 Å². The second-order valence-corrected chi connectivity index (χ2v) is 3.96. The first-order chi connectivity index (χ1) is 8.36. The van der Waals surface area contributed by atoms with Gasteiger partial charge in [0.05, 0.1) is 0 Å². The zero-order valence-corrected chi connectivity index (χ0v) is 9.22. The van der Waals surface area contributed by atoms with Crippen LogP contribution in [0.15, 0.2) is 60.7 Å². The molecule has 1 heteroatoms. The van der Waals surface area contributed by atoms with Crippen LogP contribution >= 0.6 is 0 Å². The van der Waals surface area contributed by atoms with Crippen LogP contribution < -0.4 is 0 Å². The highest BCUT2D eigenvalue weighted by molar-refractivity contribution is 5.99. The average molecular weight is 219 g/mol. The Morgan fingerprint density at radius 3 is 2.18 bits per heavy atom. The number of rotatable bonds is 1. The Kier molecular flexibility index (Phi) is 2.30. The minimum Gasteiger partial charge on any atom is -0.507 e. The first-order valence-corrected chi connectivity index (χ1v) is 5.54. The maximum atomic E-state index is 9.79. The minimum atomic E-state index is 0.209. The molecule has 3 aromatic rings. The lowest BCUT2D eigenvalue weighted by Crippen LogP contribution is -1.81. The third-order valence-corrected chi connectivity index (χ3v) is 2.91. The first-order valence-electron chi connectivity index (χ1n) is 5.54. The van der Waals surface area contributed by atoms with Gasteiger partial charge in [0.25, 0.3) is 0 Å². The Bertz CT molecular complexity index is 657. The Labute approximate surface area is 100.0 Å². The van der Waals surface area contributed by atoms with Gasteiger partial charge in [-0.25, -0.2) is 0 Å². The van der Waals surface area contributed by atoms with E-state index in [9.17, 15) is 5.11 Å². The highest BCUT2D eigenvalue weighted by atomic mass is 16.3. The SMILES string of the molecule is Oc1[c]cc(-c2ccccc2)c2ccccc12. The molecule has 1 nitrogen and oxygen atoms in total. The predicted octanol–water partition coefficient (Wildman–Crippen LogP) is 4.01. The molecule has 0 spiro atoms. The van der Waals surface area contributed by atoms with E-state index >= 15 is 0 Å². The van der Waals surface area contributed by atoms with E-state index in [4.69, 9.17) is 0 Å². The molecule has 0 aliphatic heterocycles. The maximum Gasteiger partial charge on any atom is 0.131 e. The quantitative estimate of drug-likeness (QED) is 0.655. The molecule has 0 amide bonds. The van der Waals surface area contributed by atoms with Gasteiger partial charge in [0, 0.05) is 11.5 Å². The van der Waals surface area contributed by atoms with Crippen LogP contribution in [0.1, 0.15) is 0 Å². The standard InChI is InChI=1S/C16H11O/c17-16-11-10-13(12-6-2-1-3-7-12)14-8-4-5-9-15(14)16/h1-10,17H. The molecule has 0 saturated heterocycles. The Morgan fingerprint density at radius 2 is 1.41 bits per heavy atom. The number of fused-ring (bicyclic) bond motifs is 1. The lowest BCUT2D eigenvalue weighted by Gasteiger charge is -2.07. The van der Waals surface area contributed by atoms with Gasteiger partial charge < -0.3 is 5.11 Å². The zero-order chi connectivity index (χ0) is 11.7. The molecular formula is C16H11O. The summed E-state index contributed by atoms with van der Waals surface area (Å²) in [5, 5.41) is 11.7. The first kappa shape index (κ1) is 9.91. The molecule has 3 rings (SSSR count). The molecule has 81 valence electrons. The molecule has 0 fully saturated rings. The fourth-order valence-electron chi connectivity index (χ4n) is 2.08. The van der Waals surface area contributed by atoms with Crippen LogP contribution in [-0.4, -0.2) is 5.11 Å². The van der Waals surface area contributed by atoms with Gasteiger partial charge in [-0.2, -0.15) is 0 Å². The zero-order valence-electron chi connectivity index (χ0n) is 9.22. The van der Waals surface area contributed by atoms with Crippen molar-refractivity contribution in [2.24, 2.45) is 0 Å². The molecule has 0 atom stereocenters. The topological polar surface area (TPSA) is 20.2 Å². The van der Waals surface area contributed by atoms with Crippen LogP contribution in [0.25, 0.3) is 21.9 Å². The highest BCUT2D eigenvalue weighted by Gasteiger charge is 2.06. The number of hydrogen-bond donors (Lipinski definition) is 1. The smallest absolute Gasteiger partial charge is 0.131 e. The van der Waals surface area contributed by atoms with Crippen molar-refractivity contribution >= 4 is 10.8 Å². The molecule has 0 aromatic heterocycles. The second kappa shape index (κ2) is 3.95. The lowest BCUT2D eigenvalue weighted by molar-refractivity contribution is 0.480. The van der Waals surface area contributed by atoms with Gasteiger partial charge in [-0.3, -0.25) is 0 Å². The van der Waals surface area contributed by atoms with Gasteiger partial charge in [-0.15, -0.1) is 0 Å². The Hall–Kier alpha value is -2.28. The normalized spacial score (nSPS) is 10.6. The summed E-state index contributed by atoms with van der Waals surface area (Å²) in [7, 11) is 0. The van der Waals surface area contributed by atoms with Crippen molar-refractivity contribution in [3.63, 3.8) is 0 Å². The van der Waals surface area contributed by atoms with Crippen molar-refractivity contribution in [3.8, 4) is 16.9 Å². The average Bonchev–Trinajstić information content (AvgIpc) is 2.41. The van der Waals surface area contributed by atoms with Crippen molar-refractivity contribution in [2.45, 2.75) is 0 Å². The molecular weight excluding hydrogens is 208 g/mol. The summed E-state index contributed by atoms with van der Waals surface area (Å²) in [4.78, 5) is 0. The van der Waals surface area contributed by atoms with Crippen molar-refractivity contribution < 1.29 is 5.11 Å². The van der Waals surface area contributed by atoms with Gasteiger partial charge >= 0.3 is 0 Å². The largest absolute Gasteiger partial charge is 0.507 e. The number of aromatic hydroxyl groups is 1. The van der Waals surface area contributed by atoms with Crippen LogP contribution in [0, 0.1) is 6.07 Å². The molecule has 0 aliphatic rings. The fourth-order valence-corrected chi connectivity index (χ4v) is 2.08. The van der Waals surface area contributed by atoms with Crippen molar-refractivity contribution in [3.05, 3.63) is 66.7 Å². The van der Waals surface area contributed by atoms with Crippen LogP contribution in [0.5, 0.6) is 5.75 Å². The molecule has 3 aromatic carbocycles. The summed E-state index contributed by atoms with van der Waals surface area (Å²) >= 11 is 0. The van der Waals surface area contributed by atoms with Crippen LogP contribution in [0.3, 0.4) is 0 Å². The van der Waals surface area contributed by atoms with Crippen molar-refractivity contribution in [1.29, 1.82) is 0 Å². The van der Waals surface area contributed by atoms with Gasteiger partial charge in [0.15, 0.2) is 0 Å². The number of phenolic OH excluding ortho intramolecular Hbond substituents is 1. The third-order valence-electron chi connectivity index (χ3n) is 2.91. The number of phenols is 1. The van der Waals surface area contributed by atoms with Crippen molar-refractivity contribution in [1.82, 2.24) is 0 Å². The summed E-state index contributed by atoms with van der Waals surface area (Å²) in [5.74, 6) is 0.209. The van der Waals surface area contributed by atoms with E-state index in [1.807, 2.05) is 48.5 Å². The number of hydrogen-bond acceptors (Lipinski definition) is 1. The van der Waals surface area contributed by atoms with E-state index in [2.05, 4.69) is 18.2 Å². The number of benzene rings is 3. The lowest BCUT2D eigenvalue weighted by atomic mass is 9.98. The minimum absolute atomic E-state index is 0.209. The fraction of sp³-hybridized carbons (Fsp3) is 0. The molecule has 0 heterocycles. The molecule has 0 bridgehead atoms. The summed E-state index contributed by atoms with van der Waals surface area (Å²) in [6, 6.07) is 22.7. The molecule has 1 N–H and O–H groups in total. The summed E-state index contributed by atoms with van der Waals surface area (Å²) < 4.78 is 0. The van der Waals surface area contributed by atoms with Gasteiger partial charge in [-0.05, 0) is 22.6 Å². The summed E-state index contributed by atoms with van der Waals surface area (Å²) in [5.41, 5.74) is 2.24. The molecule has 1 radical (unpaired) electrons. The maximum absolute atomic E-state index is 9.79. The van der Waals surface area contributed by atoms with Crippen LogP contribution in [0.2, 0.25) is 0 Å². The third kappa shape index (κ3) is 1.66. The highest BCUT2D eigenvalue weighted by Crippen LogP contribution is 2.32. The molecule has 0 aliphatic carbocycles. The monoisotopic (exact) mass is 219 g/mol. The summed E-state index contributed by atoms with van der Waals surface area (Å²) in [6.07, 6.45) is 0. The van der Waals surface area contributed by atoms with Gasteiger partial charge in [0.2, 0.25) is 0 Å². The summed E-state index contributed by atoms with van der Waals surface area (Å²) in [6.45, 7) is 0. The van der Waals surface area contributed by atoms with E-state index in [0.717, 1.165) is 21.9 Å². The van der Waals surface area contributed by atoms with E-state index in [1.54, 1.807) is 0 Å². The van der Waals surface area contributed by atoms with Gasteiger partial charge in [0.1, 0.15) is 5.75 Å². The molecule has 0 saturated carbocycles. The van der Waals surface area contributed by atoms with Crippen LogP contribution in [0.4, 0.5) is 0 Å². The predicted molar refractivity (Wildman–Crippen MR) is 69.9 cm³/mol. The Balaban J connectivity index is 2.35. The Morgan fingerprint density at radius 1 is 0.765 bits per heavy atom. The van der Waals surface area contributed by atoms with E-state index < -0.39 is 0 Å². The van der Waals surface area contributed by atoms with E-state index in [1.165, 1.54) is 0 Å². The van der Waals surface area contributed by atoms with E-state index in [-0.39, 0.29) is 5.75 Å². The van der Waals surface area contributed by atoms with E-state index in [0.29, 0.717) is 0 Å². The van der Waals surface area contributed by atoms with Crippen LogP contribution in [-0.2, 0) is 0 Å². The van der Waals surface area contributed by atoms with Crippen molar-refractivity contribution in [2.75, 3.05) is 0 Å². The molecule has 17 heavy (non-hydrogen) atoms. The molecule has 0 unspecified atom stereocenters.